The summed E-state index contributed by atoms with van der Waals surface area (Å²) in [5.41, 5.74) is 0.704. The first-order valence-electron chi connectivity index (χ1n) is 6.12. The number of carbonyl (C=O) groups excluding carboxylic acids is 1. The number of aromatic amines is 1. The Balaban J connectivity index is 2.37. The zero-order valence-corrected chi connectivity index (χ0v) is 11.5. The lowest BCUT2D eigenvalue weighted by molar-refractivity contribution is -0.384. The summed E-state index contributed by atoms with van der Waals surface area (Å²) in [5.74, 6) is -0.412. The number of nitrogens with one attached hydrogen (secondary N) is 1. The fraction of sp³-hybridized carbons (Fsp3) is 0.143. The van der Waals surface area contributed by atoms with Crippen molar-refractivity contribution in [1.82, 2.24) is 4.98 Å². The minimum atomic E-state index is -0.529. The summed E-state index contributed by atoms with van der Waals surface area (Å²) in [4.78, 5) is 37.8. The van der Waals surface area contributed by atoms with Crippen LogP contribution >= 0.6 is 0 Å². The first-order chi connectivity index (χ1) is 9.88. The molecule has 0 unspecified atom stereocenters. The number of anilines is 1. The Morgan fingerprint density at radius 3 is 2.62 bits per heavy atom. The van der Waals surface area contributed by atoms with Crippen LogP contribution in [-0.2, 0) is 0 Å². The van der Waals surface area contributed by atoms with Crippen LogP contribution < -0.4 is 10.5 Å². The highest BCUT2D eigenvalue weighted by atomic mass is 16.6. The predicted octanol–water partition coefficient (Wildman–Crippen LogP) is 1.87. The molecule has 1 aromatic carbocycles. The highest BCUT2D eigenvalue weighted by Crippen LogP contribution is 2.21. The van der Waals surface area contributed by atoms with Crippen molar-refractivity contribution in [1.29, 1.82) is 0 Å². The summed E-state index contributed by atoms with van der Waals surface area (Å²) in [6.07, 6.45) is 0. The third-order valence-corrected chi connectivity index (χ3v) is 2.96. The molecule has 1 aromatic heterocycles. The summed E-state index contributed by atoms with van der Waals surface area (Å²) in [5, 5.41) is 10.8. The monoisotopic (exact) mass is 287 g/mol. The van der Waals surface area contributed by atoms with Gasteiger partial charge in [-0.3, -0.25) is 19.7 Å². The van der Waals surface area contributed by atoms with Crippen molar-refractivity contribution in [3.05, 3.63) is 68.1 Å². The van der Waals surface area contributed by atoms with Crippen LogP contribution in [0.2, 0.25) is 0 Å². The van der Waals surface area contributed by atoms with Gasteiger partial charge in [0.1, 0.15) is 0 Å². The fourth-order valence-corrected chi connectivity index (χ4v) is 1.93. The third kappa shape index (κ3) is 3.14. The number of hydrogen-bond acceptors (Lipinski definition) is 4. The van der Waals surface area contributed by atoms with E-state index in [-0.39, 0.29) is 16.8 Å². The van der Waals surface area contributed by atoms with E-state index in [1.54, 1.807) is 19.1 Å². The second kappa shape index (κ2) is 5.58. The van der Waals surface area contributed by atoms with Crippen LogP contribution in [0.5, 0.6) is 0 Å². The van der Waals surface area contributed by atoms with E-state index < -0.39 is 10.8 Å². The van der Waals surface area contributed by atoms with Crippen LogP contribution in [0.25, 0.3) is 0 Å². The minimum absolute atomic E-state index is 0.103. The van der Waals surface area contributed by atoms with E-state index in [1.807, 2.05) is 0 Å². The van der Waals surface area contributed by atoms with E-state index in [9.17, 15) is 19.7 Å². The molecule has 0 atom stereocenters. The van der Waals surface area contributed by atoms with Crippen molar-refractivity contribution in [3.8, 4) is 0 Å². The molecule has 2 aromatic rings. The van der Waals surface area contributed by atoms with Gasteiger partial charge in [0.25, 0.3) is 11.6 Å². The molecular formula is C14H13N3O4. The van der Waals surface area contributed by atoms with Crippen LogP contribution in [0, 0.1) is 17.0 Å². The predicted molar refractivity (Wildman–Crippen MR) is 77.6 cm³/mol. The maximum Gasteiger partial charge on any atom is 0.271 e. The Morgan fingerprint density at radius 2 is 2.00 bits per heavy atom. The Kier molecular flexibility index (Phi) is 3.84. The van der Waals surface area contributed by atoms with Gasteiger partial charge in [0, 0.05) is 36.5 Å². The molecule has 1 amide bonds. The highest BCUT2D eigenvalue weighted by Gasteiger charge is 2.16. The Bertz CT molecular complexity index is 767. The Hall–Kier alpha value is -2.96. The van der Waals surface area contributed by atoms with Gasteiger partial charge in [0.05, 0.1) is 10.6 Å². The second-order valence-electron chi connectivity index (χ2n) is 4.56. The number of nitro groups is 1. The molecule has 0 saturated heterocycles. The van der Waals surface area contributed by atoms with E-state index in [4.69, 9.17) is 0 Å². The van der Waals surface area contributed by atoms with E-state index in [1.165, 1.54) is 36.2 Å². The molecular weight excluding hydrogens is 274 g/mol. The molecule has 1 N–H and O–H groups in total. The largest absolute Gasteiger partial charge is 0.326 e. The minimum Gasteiger partial charge on any atom is -0.326 e. The molecule has 2 rings (SSSR count). The standard InChI is InChI=1S/C14H13N3O4/c1-9-6-10(7-13(18)15-9)14(19)16(2)11-4-3-5-12(8-11)17(20)21/h3-8H,1-2H3,(H,15,18). The number of nitro benzene ring substituents is 1. The summed E-state index contributed by atoms with van der Waals surface area (Å²) < 4.78 is 0. The van der Waals surface area contributed by atoms with E-state index in [0.29, 0.717) is 11.4 Å². The third-order valence-electron chi connectivity index (χ3n) is 2.96. The number of non-ortho nitro benzene ring substituents is 1. The molecule has 0 bridgehead atoms. The number of pyridine rings is 1. The summed E-state index contributed by atoms with van der Waals surface area (Å²) in [6, 6.07) is 8.49. The first-order valence-corrected chi connectivity index (χ1v) is 6.12. The number of rotatable bonds is 3. The second-order valence-corrected chi connectivity index (χ2v) is 4.56. The SMILES string of the molecule is Cc1cc(C(=O)N(C)c2cccc([N+](=O)[O-])c2)cc(=O)[nH]1. The lowest BCUT2D eigenvalue weighted by Crippen LogP contribution is -2.27. The van der Waals surface area contributed by atoms with Crippen molar-refractivity contribution in [3.63, 3.8) is 0 Å². The van der Waals surface area contributed by atoms with Crippen LogP contribution in [0.4, 0.5) is 11.4 Å². The molecule has 0 radical (unpaired) electrons. The lowest BCUT2D eigenvalue weighted by Gasteiger charge is -2.17. The normalized spacial score (nSPS) is 10.2. The van der Waals surface area contributed by atoms with Crippen molar-refractivity contribution in [2.75, 3.05) is 11.9 Å². The van der Waals surface area contributed by atoms with Gasteiger partial charge in [0.2, 0.25) is 5.56 Å². The van der Waals surface area contributed by atoms with Crippen LogP contribution in [0.3, 0.4) is 0 Å². The Labute approximate surface area is 120 Å². The summed E-state index contributed by atoms with van der Waals surface area (Å²) in [7, 11) is 1.50. The van der Waals surface area contributed by atoms with Crippen molar-refractivity contribution in [2.45, 2.75) is 6.92 Å². The van der Waals surface area contributed by atoms with Crippen LogP contribution in [-0.4, -0.2) is 22.9 Å². The number of benzene rings is 1. The quantitative estimate of drug-likeness (QED) is 0.688. The number of nitrogens with zero attached hydrogens (tertiary/aromatic N) is 2. The van der Waals surface area contributed by atoms with Crippen molar-refractivity contribution < 1.29 is 9.72 Å². The summed E-state index contributed by atoms with van der Waals surface area (Å²) >= 11 is 0. The average molecular weight is 287 g/mol. The summed E-state index contributed by atoms with van der Waals surface area (Å²) in [6.45, 7) is 1.67. The zero-order chi connectivity index (χ0) is 15.6. The van der Waals surface area contributed by atoms with Gasteiger partial charge in [-0.15, -0.1) is 0 Å². The molecule has 21 heavy (non-hydrogen) atoms. The smallest absolute Gasteiger partial charge is 0.271 e. The first kappa shape index (κ1) is 14.4. The van der Waals surface area contributed by atoms with Gasteiger partial charge in [-0.25, -0.2) is 0 Å². The molecule has 0 aliphatic heterocycles. The Morgan fingerprint density at radius 1 is 1.29 bits per heavy atom. The number of carbonyl (C=O) groups is 1. The zero-order valence-electron chi connectivity index (χ0n) is 11.5. The number of aromatic nitrogens is 1. The maximum atomic E-state index is 12.3. The van der Waals surface area contributed by atoms with E-state index >= 15 is 0 Å². The van der Waals surface area contributed by atoms with Crippen molar-refractivity contribution in [2.24, 2.45) is 0 Å². The van der Waals surface area contributed by atoms with Gasteiger partial charge >= 0.3 is 0 Å². The number of amides is 1. The van der Waals surface area contributed by atoms with E-state index in [0.717, 1.165) is 0 Å². The van der Waals surface area contributed by atoms with Gasteiger partial charge in [-0.1, -0.05) is 6.07 Å². The topological polar surface area (TPSA) is 96.3 Å². The molecule has 0 aliphatic carbocycles. The van der Waals surface area contributed by atoms with Crippen LogP contribution in [0.15, 0.2) is 41.2 Å². The molecule has 0 saturated carbocycles. The molecule has 0 spiro atoms. The number of hydrogen-bond donors (Lipinski definition) is 1. The van der Waals surface area contributed by atoms with Gasteiger partial charge in [0.15, 0.2) is 0 Å². The lowest BCUT2D eigenvalue weighted by atomic mass is 10.2. The fourth-order valence-electron chi connectivity index (χ4n) is 1.93. The van der Waals surface area contributed by atoms with Crippen LogP contribution in [0.1, 0.15) is 16.1 Å². The number of aryl methyl sites for hydroxylation is 1. The average Bonchev–Trinajstić information content (AvgIpc) is 2.44. The molecule has 7 heteroatoms. The molecule has 1 heterocycles. The molecule has 108 valence electrons. The van der Waals surface area contributed by atoms with Gasteiger partial charge in [-0.2, -0.15) is 0 Å². The number of H-pyrrole nitrogens is 1. The molecule has 0 aliphatic rings. The van der Waals surface area contributed by atoms with E-state index in [2.05, 4.69) is 4.98 Å². The van der Waals surface area contributed by atoms with Gasteiger partial charge < -0.3 is 9.88 Å². The van der Waals surface area contributed by atoms with Crippen molar-refractivity contribution >= 4 is 17.3 Å². The molecule has 7 nitrogen and oxygen atoms in total. The molecule has 0 fully saturated rings. The highest BCUT2D eigenvalue weighted by molar-refractivity contribution is 6.05. The van der Waals surface area contributed by atoms with Gasteiger partial charge in [-0.05, 0) is 19.1 Å². The maximum absolute atomic E-state index is 12.3.